The summed E-state index contributed by atoms with van der Waals surface area (Å²) in [7, 11) is 0. The van der Waals surface area contributed by atoms with Crippen molar-refractivity contribution >= 4 is 17.6 Å². The van der Waals surface area contributed by atoms with Gasteiger partial charge in [0.1, 0.15) is 11.8 Å². The summed E-state index contributed by atoms with van der Waals surface area (Å²) in [5, 5.41) is 23.9. The zero-order chi connectivity index (χ0) is 17.2. The van der Waals surface area contributed by atoms with E-state index in [1.807, 2.05) is 13.8 Å². The van der Waals surface area contributed by atoms with Crippen LogP contribution in [0.2, 0.25) is 0 Å². The van der Waals surface area contributed by atoms with E-state index in [0.29, 0.717) is 12.2 Å². The number of rotatable bonds is 10. The average Bonchev–Trinajstić information content (AvgIpc) is 2.52. The molecular weight excluding hydrogens is 298 g/mol. The molecule has 1 aromatic carbocycles. The number of amides is 1. The summed E-state index contributed by atoms with van der Waals surface area (Å²) in [4.78, 5) is 25.4. The van der Waals surface area contributed by atoms with Crippen molar-refractivity contribution in [3.63, 3.8) is 0 Å². The molecule has 0 fully saturated rings. The molecule has 128 valence electrons. The molecular formula is C16H25N3O4. The first-order valence-electron chi connectivity index (χ1n) is 7.73. The molecule has 4 N–H and O–H groups in total. The third-order valence-electron chi connectivity index (χ3n) is 3.55. The van der Waals surface area contributed by atoms with E-state index in [0.717, 1.165) is 19.6 Å². The van der Waals surface area contributed by atoms with E-state index < -0.39 is 17.9 Å². The number of phenolic OH excluding ortho intramolecular Hbond substituents is 1. The molecule has 0 saturated carbocycles. The van der Waals surface area contributed by atoms with E-state index in [9.17, 15) is 19.8 Å². The lowest BCUT2D eigenvalue weighted by atomic mass is 10.2. The summed E-state index contributed by atoms with van der Waals surface area (Å²) < 4.78 is 0. The van der Waals surface area contributed by atoms with Crippen LogP contribution in [0.1, 0.15) is 20.3 Å². The first-order valence-corrected chi connectivity index (χ1v) is 7.73. The highest BCUT2D eigenvalue weighted by molar-refractivity contribution is 5.94. The van der Waals surface area contributed by atoms with Crippen LogP contribution in [0.15, 0.2) is 24.3 Å². The van der Waals surface area contributed by atoms with Crippen molar-refractivity contribution in [3.8, 4) is 5.75 Å². The van der Waals surface area contributed by atoms with Crippen LogP contribution in [0.4, 0.5) is 5.69 Å². The molecule has 0 aliphatic carbocycles. The van der Waals surface area contributed by atoms with Crippen molar-refractivity contribution in [1.29, 1.82) is 0 Å². The maximum atomic E-state index is 11.9. The summed E-state index contributed by atoms with van der Waals surface area (Å²) >= 11 is 0. The molecule has 23 heavy (non-hydrogen) atoms. The van der Waals surface area contributed by atoms with E-state index >= 15 is 0 Å². The van der Waals surface area contributed by atoms with Crippen LogP contribution in [0, 0.1) is 0 Å². The van der Waals surface area contributed by atoms with Gasteiger partial charge in [-0.3, -0.25) is 9.59 Å². The van der Waals surface area contributed by atoms with Crippen molar-refractivity contribution in [2.24, 2.45) is 0 Å². The Morgan fingerprint density at radius 2 is 1.78 bits per heavy atom. The number of aromatic hydroxyl groups is 1. The molecule has 0 aliphatic rings. The van der Waals surface area contributed by atoms with Crippen LogP contribution in [-0.2, 0) is 9.59 Å². The minimum Gasteiger partial charge on any atom is -0.508 e. The monoisotopic (exact) mass is 323 g/mol. The number of carbonyl (C=O) groups excluding carboxylic acids is 1. The van der Waals surface area contributed by atoms with Gasteiger partial charge in [-0.05, 0) is 37.4 Å². The van der Waals surface area contributed by atoms with E-state index in [2.05, 4.69) is 15.5 Å². The largest absolute Gasteiger partial charge is 0.508 e. The van der Waals surface area contributed by atoms with Crippen LogP contribution >= 0.6 is 0 Å². The van der Waals surface area contributed by atoms with Crippen LogP contribution in [0.5, 0.6) is 5.75 Å². The van der Waals surface area contributed by atoms with E-state index in [1.54, 1.807) is 12.1 Å². The van der Waals surface area contributed by atoms with E-state index in [1.165, 1.54) is 12.1 Å². The number of anilines is 1. The Balaban J connectivity index is 2.46. The predicted molar refractivity (Wildman–Crippen MR) is 88.6 cm³/mol. The molecule has 7 heteroatoms. The summed E-state index contributed by atoms with van der Waals surface area (Å²) in [6.07, 6.45) is -0.158. The van der Waals surface area contributed by atoms with Crippen molar-refractivity contribution in [3.05, 3.63) is 24.3 Å². The van der Waals surface area contributed by atoms with Crippen molar-refractivity contribution in [2.75, 3.05) is 31.5 Å². The maximum Gasteiger partial charge on any atom is 0.321 e. The van der Waals surface area contributed by atoms with Gasteiger partial charge in [-0.2, -0.15) is 0 Å². The Kier molecular flexibility index (Phi) is 8.07. The SMILES string of the molecule is CCN(CC)CCNC(CC(=O)Nc1ccc(O)cc1)C(=O)O. The highest BCUT2D eigenvalue weighted by Crippen LogP contribution is 2.14. The second kappa shape index (κ2) is 9.81. The highest BCUT2D eigenvalue weighted by Gasteiger charge is 2.20. The molecule has 0 spiro atoms. The Morgan fingerprint density at radius 3 is 2.30 bits per heavy atom. The number of nitrogens with zero attached hydrogens (tertiary/aromatic N) is 1. The fourth-order valence-electron chi connectivity index (χ4n) is 2.13. The molecule has 0 aromatic heterocycles. The van der Waals surface area contributed by atoms with Crippen molar-refractivity contribution in [2.45, 2.75) is 26.3 Å². The zero-order valence-corrected chi connectivity index (χ0v) is 13.6. The molecule has 1 atom stereocenters. The van der Waals surface area contributed by atoms with Crippen LogP contribution < -0.4 is 10.6 Å². The highest BCUT2D eigenvalue weighted by atomic mass is 16.4. The lowest BCUT2D eigenvalue weighted by Gasteiger charge is -2.20. The van der Waals surface area contributed by atoms with Crippen molar-refractivity contribution < 1.29 is 19.8 Å². The number of carboxylic acid groups (broad SMARTS) is 1. The number of carbonyl (C=O) groups is 2. The standard InChI is InChI=1S/C16H25N3O4/c1-3-19(4-2)10-9-17-14(16(22)23)11-15(21)18-12-5-7-13(20)8-6-12/h5-8,14,17,20H,3-4,9-11H2,1-2H3,(H,18,21)(H,22,23). The summed E-state index contributed by atoms with van der Waals surface area (Å²) in [5.41, 5.74) is 0.514. The topological polar surface area (TPSA) is 102 Å². The molecule has 1 unspecified atom stereocenters. The van der Waals surface area contributed by atoms with Crippen LogP contribution in [0.3, 0.4) is 0 Å². The maximum absolute atomic E-state index is 11.9. The second-order valence-electron chi connectivity index (χ2n) is 5.17. The number of phenols is 1. The third-order valence-corrected chi connectivity index (χ3v) is 3.55. The van der Waals surface area contributed by atoms with Gasteiger partial charge in [0.25, 0.3) is 0 Å². The predicted octanol–water partition coefficient (Wildman–Crippen LogP) is 1.11. The Bertz CT molecular complexity index is 501. The number of carboxylic acids is 1. The lowest BCUT2D eigenvalue weighted by Crippen LogP contribution is -2.43. The number of benzene rings is 1. The number of nitrogens with one attached hydrogen (secondary N) is 2. The molecule has 1 rings (SSSR count). The second-order valence-corrected chi connectivity index (χ2v) is 5.17. The summed E-state index contributed by atoms with van der Waals surface area (Å²) in [5.74, 6) is -1.34. The van der Waals surface area contributed by atoms with E-state index in [-0.39, 0.29) is 12.2 Å². The minimum atomic E-state index is -1.05. The summed E-state index contributed by atoms with van der Waals surface area (Å²) in [6.45, 7) is 7.13. The lowest BCUT2D eigenvalue weighted by molar-refractivity contribution is -0.141. The van der Waals surface area contributed by atoms with Gasteiger partial charge in [0.15, 0.2) is 0 Å². The van der Waals surface area contributed by atoms with Gasteiger partial charge >= 0.3 is 5.97 Å². The molecule has 0 heterocycles. The number of aliphatic carboxylic acids is 1. The molecule has 0 saturated heterocycles. The van der Waals surface area contributed by atoms with Gasteiger partial charge in [-0.25, -0.2) is 0 Å². The molecule has 1 amide bonds. The molecule has 7 nitrogen and oxygen atoms in total. The number of hydrogen-bond donors (Lipinski definition) is 4. The van der Waals surface area contributed by atoms with Gasteiger partial charge in [0, 0.05) is 18.8 Å². The van der Waals surface area contributed by atoms with Crippen LogP contribution in [0.25, 0.3) is 0 Å². The Hall–Kier alpha value is -2.12. The Morgan fingerprint density at radius 1 is 1.17 bits per heavy atom. The number of likely N-dealkylation sites (N-methyl/N-ethyl adjacent to an activating group) is 1. The van der Waals surface area contributed by atoms with Crippen molar-refractivity contribution in [1.82, 2.24) is 10.2 Å². The first kappa shape index (κ1) is 18.9. The van der Waals surface area contributed by atoms with Gasteiger partial charge < -0.3 is 25.7 Å². The van der Waals surface area contributed by atoms with Crippen LogP contribution in [-0.4, -0.2) is 59.2 Å². The van der Waals surface area contributed by atoms with E-state index in [4.69, 9.17) is 0 Å². The molecule has 1 aromatic rings. The minimum absolute atomic E-state index is 0.101. The normalized spacial score (nSPS) is 12.1. The zero-order valence-electron chi connectivity index (χ0n) is 13.6. The molecule has 0 bridgehead atoms. The fraction of sp³-hybridized carbons (Fsp3) is 0.500. The fourth-order valence-corrected chi connectivity index (χ4v) is 2.13. The van der Waals surface area contributed by atoms with Gasteiger partial charge in [-0.15, -0.1) is 0 Å². The molecule has 0 aliphatic heterocycles. The van der Waals surface area contributed by atoms with Gasteiger partial charge in [-0.1, -0.05) is 13.8 Å². The first-order chi connectivity index (χ1) is 11.0. The summed E-state index contributed by atoms with van der Waals surface area (Å²) in [6, 6.07) is 5.08. The quantitative estimate of drug-likeness (QED) is 0.481. The van der Waals surface area contributed by atoms with Gasteiger partial charge in [0.2, 0.25) is 5.91 Å². The number of hydrogen-bond acceptors (Lipinski definition) is 5. The Labute approximate surface area is 136 Å². The average molecular weight is 323 g/mol. The third kappa shape index (κ3) is 7.12. The van der Waals surface area contributed by atoms with Gasteiger partial charge in [0.05, 0.1) is 6.42 Å². The smallest absolute Gasteiger partial charge is 0.321 e. The molecule has 0 radical (unpaired) electrons.